The van der Waals surface area contributed by atoms with Gasteiger partial charge in [0.05, 0.1) is 10.6 Å². The van der Waals surface area contributed by atoms with Crippen LogP contribution in [0.25, 0.3) is 0 Å². The van der Waals surface area contributed by atoms with Gasteiger partial charge in [0, 0.05) is 34.7 Å². The summed E-state index contributed by atoms with van der Waals surface area (Å²) in [5.41, 5.74) is 5.85. The quantitative estimate of drug-likeness (QED) is 0.775. The molecular formula is C19H17ClF2N4OS. The molecule has 1 aliphatic carbocycles. The van der Waals surface area contributed by atoms with Crippen LogP contribution in [0.2, 0.25) is 5.02 Å². The lowest BCUT2D eigenvalue weighted by atomic mass is 9.86. The lowest BCUT2D eigenvalue weighted by Crippen LogP contribution is -2.32. The number of halogens is 3. The van der Waals surface area contributed by atoms with Gasteiger partial charge in [0.2, 0.25) is 0 Å². The van der Waals surface area contributed by atoms with E-state index in [-0.39, 0.29) is 28.1 Å². The number of amides is 1. The minimum Gasteiger partial charge on any atom is -0.379 e. The second-order valence-electron chi connectivity index (χ2n) is 7.19. The molecule has 1 aromatic heterocycles. The Balaban J connectivity index is 1.70. The van der Waals surface area contributed by atoms with Gasteiger partial charge in [-0.15, -0.1) is 0 Å². The largest absolute Gasteiger partial charge is 0.379 e. The first-order valence-electron chi connectivity index (χ1n) is 8.64. The number of amidine groups is 1. The number of aryl methyl sites for hydroxylation is 1. The summed E-state index contributed by atoms with van der Waals surface area (Å²) < 4.78 is 29.0. The molecule has 2 aromatic rings. The molecule has 0 saturated heterocycles. The number of hydrogen-bond acceptors (Lipinski definition) is 5. The summed E-state index contributed by atoms with van der Waals surface area (Å²) >= 11 is 7.32. The molecule has 1 unspecified atom stereocenters. The second kappa shape index (κ2) is 6.70. The van der Waals surface area contributed by atoms with Crippen LogP contribution >= 0.6 is 23.4 Å². The van der Waals surface area contributed by atoms with E-state index >= 15 is 0 Å². The molecule has 4 rings (SSSR count). The van der Waals surface area contributed by atoms with Crippen molar-refractivity contribution >= 4 is 40.1 Å². The van der Waals surface area contributed by atoms with Crippen molar-refractivity contribution in [2.45, 2.75) is 31.1 Å². The predicted molar refractivity (Wildman–Crippen MR) is 107 cm³/mol. The summed E-state index contributed by atoms with van der Waals surface area (Å²) in [5, 5.41) is 3.60. The van der Waals surface area contributed by atoms with Gasteiger partial charge in [-0.1, -0.05) is 23.4 Å². The van der Waals surface area contributed by atoms with Crippen molar-refractivity contribution in [3.8, 4) is 0 Å². The Hall–Kier alpha value is -2.19. The van der Waals surface area contributed by atoms with Gasteiger partial charge in [0.1, 0.15) is 5.69 Å². The number of anilines is 1. The molecule has 2 heterocycles. The van der Waals surface area contributed by atoms with Gasteiger partial charge in [-0.05, 0) is 38.0 Å². The number of hydrogen-bond donors (Lipinski definition) is 2. The molecule has 28 heavy (non-hydrogen) atoms. The first-order valence-corrected chi connectivity index (χ1v) is 9.90. The summed E-state index contributed by atoms with van der Waals surface area (Å²) in [7, 11) is 0. The van der Waals surface area contributed by atoms with Crippen LogP contribution in [0.15, 0.2) is 29.4 Å². The minimum atomic E-state index is -1.06. The molecule has 3 N–H and O–H groups in total. The van der Waals surface area contributed by atoms with Crippen molar-refractivity contribution in [1.29, 1.82) is 0 Å². The lowest BCUT2D eigenvalue weighted by Gasteiger charge is -2.30. The zero-order valence-electron chi connectivity index (χ0n) is 15.1. The van der Waals surface area contributed by atoms with Crippen LogP contribution in [-0.4, -0.2) is 21.3 Å². The molecule has 1 aliphatic heterocycles. The average molecular weight is 423 g/mol. The molecule has 1 fully saturated rings. The topological polar surface area (TPSA) is 80.4 Å². The summed E-state index contributed by atoms with van der Waals surface area (Å²) in [6.45, 7) is 3.44. The van der Waals surface area contributed by atoms with Gasteiger partial charge >= 0.3 is 0 Å². The molecule has 1 aromatic carbocycles. The monoisotopic (exact) mass is 422 g/mol. The Morgan fingerprint density at radius 2 is 2.14 bits per heavy atom. The van der Waals surface area contributed by atoms with E-state index in [1.807, 2.05) is 0 Å². The van der Waals surface area contributed by atoms with Crippen molar-refractivity contribution in [2.75, 3.05) is 5.32 Å². The normalized spacial score (nSPS) is 25.7. The van der Waals surface area contributed by atoms with E-state index in [2.05, 4.69) is 15.3 Å². The lowest BCUT2D eigenvalue weighted by molar-refractivity contribution is 0.102. The second-order valence-corrected chi connectivity index (χ2v) is 8.88. The molecule has 0 bridgehead atoms. The number of nitrogens with one attached hydrogen (secondary N) is 1. The van der Waals surface area contributed by atoms with Crippen LogP contribution < -0.4 is 11.1 Å². The van der Waals surface area contributed by atoms with Crippen LogP contribution in [0, 0.1) is 24.5 Å². The van der Waals surface area contributed by atoms with Crippen LogP contribution in [0.1, 0.15) is 35.0 Å². The Morgan fingerprint density at radius 1 is 1.39 bits per heavy atom. The molecule has 9 heteroatoms. The molecule has 2 aliphatic rings. The van der Waals surface area contributed by atoms with Crippen LogP contribution in [-0.2, 0) is 5.54 Å². The average Bonchev–Trinajstić information content (AvgIpc) is 3.37. The Labute approximate surface area is 169 Å². The van der Waals surface area contributed by atoms with Gasteiger partial charge in [-0.25, -0.2) is 13.8 Å². The van der Waals surface area contributed by atoms with Crippen molar-refractivity contribution in [3.63, 3.8) is 0 Å². The summed E-state index contributed by atoms with van der Waals surface area (Å²) in [6.07, 6.45) is 2.18. The summed E-state index contributed by atoms with van der Waals surface area (Å²) in [4.78, 5) is 21.0. The number of carbonyl (C=O) groups excluding carboxylic acids is 1. The number of nitrogens with zero attached hydrogens (tertiary/aromatic N) is 2. The highest BCUT2D eigenvalue weighted by molar-refractivity contribution is 8.14. The Kier molecular flexibility index (Phi) is 4.58. The summed E-state index contributed by atoms with van der Waals surface area (Å²) in [5.74, 6) is -2.50. The maximum atomic E-state index is 14.7. The highest BCUT2D eigenvalue weighted by Crippen LogP contribution is 2.57. The molecule has 1 amide bonds. The van der Waals surface area contributed by atoms with E-state index < -0.39 is 23.1 Å². The number of aromatic nitrogens is 1. The molecule has 3 atom stereocenters. The van der Waals surface area contributed by atoms with Gasteiger partial charge in [0.25, 0.3) is 5.91 Å². The van der Waals surface area contributed by atoms with Gasteiger partial charge in [0.15, 0.2) is 16.8 Å². The zero-order valence-corrected chi connectivity index (χ0v) is 16.7. The molecule has 146 valence electrons. The fourth-order valence-corrected chi connectivity index (χ4v) is 5.14. The van der Waals surface area contributed by atoms with Crippen LogP contribution in [0.5, 0.6) is 0 Å². The van der Waals surface area contributed by atoms with Gasteiger partial charge in [-0.2, -0.15) is 0 Å². The summed E-state index contributed by atoms with van der Waals surface area (Å²) in [6, 6.07) is 3.97. The SMILES string of the molecule is Cc1cc(Cl)cnc1C(=O)Nc1cc(F)c(F)c([C@@]2(C)N=C(N)SC3C[C@H]32)c1. The smallest absolute Gasteiger partial charge is 0.274 e. The highest BCUT2D eigenvalue weighted by Gasteiger charge is 2.56. The number of carbonyl (C=O) groups is 1. The third-order valence-corrected chi connectivity index (χ3v) is 6.52. The van der Waals surface area contributed by atoms with Crippen LogP contribution in [0.4, 0.5) is 14.5 Å². The third-order valence-electron chi connectivity index (χ3n) is 5.16. The number of aliphatic imine (C=N–C) groups is 1. The Bertz CT molecular complexity index is 1030. The van der Waals surface area contributed by atoms with E-state index in [1.54, 1.807) is 19.9 Å². The van der Waals surface area contributed by atoms with Crippen molar-refractivity contribution in [1.82, 2.24) is 4.98 Å². The maximum Gasteiger partial charge on any atom is 0.274 e. The Morgan fingerprint density at radius 3 is 2.86 bits per heavy atom. The molecule has 0 radical (unpaired) electrons. The number of fused-ring (bicyclic) bond motifs is 1. The van der Waals surface area contributed by atoms with Gasteiger partial charge < -0.3 is 11.1 Å². The number of pyridine rings is 1. The van der Waals surface area contributed by atoms with E-state index in [1.165, 1.54) is 24.0 Å². The number of rotatable bonds is 3. The first kappa shape index (κ1) is 19.1. The standard InChI is InChI=1S/C19H17ClF2N4OS/c1-8-3-9(20)7-24-16(8)17(27)25-10-4-12(15(22)13(21)5-10)19(2)11-6-14(11)28-18(23)26-19/h3-5,7,11,14H,6H2,1-2H3,(H2,23,26)(H,25,27)/t11-,14?,19+/m1/s1. The van der Waals surface area contributed by atoms with E-state index in [0.717, 1.165) is 12.5 Å². The molecule has 0 spiro atoms. The number of thioether (sulfide) groups is 1. The zero-order chi connectivity index (χ0) is 20.2. The number of nitrogens with two attached hydrogens (primary N) is 1. The minimum absolute atomic E-state index is 0.0739. The van der Waals surface area contributed by atoms with E-state index in [9.17, 15) is 13.6 Å². The van der Waals surface area contributed by atoms with Crippen molar-refractivity contribution in [2.24, 2.45) is 16.6 Å². The maximum absolute atomic E-state index is 14.7. The highest BCUT2D eigenvalue weighted by atomic mass is 35.5. The molecule has 1 saturated carbocycles. The van der Waals surface area contributed by atoms with Crippen molar-refractivity contribution < 1.29 is 13.6 Å². The fraction of sp³-hybridized carbons (Fsp3) is 0.316. The van der Waals surface area contributed by atoms with E-state index in [0.29, 0.717) is 15.8 Å². The first-order chi connectivity index (χ1) is 13.2. The fourth-order valence-electron chi connectivity index (χ4n) is 3.64. The van der Waals surface area contributed by atoms with Gasteiger partial charge in [-0.3, -0.25) is 9.79 Å². The van der Waals surface area contributed by atoms with Crippen molar-refractivity contribution in [3.05, 3.63) is 57.9 Å². The predicted octanol–water partition coefficient (Wildman–Crippen LogP) is 4.24. The third kappa shape index (κ3) is 3.24. The number of benzene rings is 1. The van der Waals surface area contributed by atoms with E-state index in [4.69, 9.17) is 17.3 Å². The molecule has 5 nitrogen and oxygen atoms in total. The van der Waals surface area contributed by atoms with Crippen LogP contribution in [0.3, 0.4) is 0 Å². The molecular weight excluding hydrogens is 406 g/mol.